The molecular formula is C15H21NO5. The van der Waals surface area contributed by atoms with Crippen molar-refractivity contribution in [3.63, 3.8) is 0 Å². The fourth-order valence-corrected chi connectivity index (χ4v) is 1.77. The number of carbonyl (C=O) groups excluding carboxylic acids is 1. The second kappa shape index (κ2) is 8.97. The Bertz CT molecular complexity index is 458. The van der Waals surface area contributed by atoms with Crippen molar-refractivity contribution in [2.45, 2.75) is 25.8 Å². The largest absolute Gasteiger partial charge is 0.482 e. The van der Waals surface area contributed by atoms with Crippen LogP contribution >= 0.6 is 0 Å². The van der Waals surface area contributed by atoms with Crippen molar-refractivity contribution < 1.29 is 24.2 Å². The monoisotopic (exact) mass is 295 g/mol. The summed E-state index contributed by atoms with van der Waals surface area (Å²) >= 11 is 0. The predicted octanol–water partition coefficient (Wildman–Crippen LogP) is 1.75. The van der Waals surface area contributed by atoms with Crippen LogP contribution in [0.25, 0.3) is 0 Å². The van der Waals surface area contributed by atoms with Gasteiger partial charge in [-0.25, -0.2) is 4.79 Å². The first kappa shape index (κ1) is 17.0. The van der Waals surface area contributed by atoms with E-state index in [2.05, 4.69) is 5.32 Å². The fraction of sp³-hybridized carbons (Fsp3) is 0.467. The molecule has 1 amide bonds. The van der Waals surface area contributed by atoms with Gasteiger partial charge in [-0.1, -0.05) is 12.1 Å². The first-order valence-electron chi connectivity index (χ1n) is 6.75. The molecule has 0 aliphatic carbocycles. The number of benzene rings is 1. The highest BCUT2D eigenvalue weighted by atomic mass is 16.5. The number of rotatable bonds is 9. The van der Waals surface area contributed by atoms with Crippen LogP contribution in [0.4, 0.5) is 0 Å². The summed E-state index contributed by atoms with van der Waals surface area (Å²) in [4.78, 5) is 22.1. The molecule has 0 saturated heterocycles. The van der Waals surface area contributed by atoms with Crippen LogP contribution in [0.1, 0.15) is 31.4 Å². The molecule has 0 aromatic heterocycles. The first-order valence-corrected chi connectivity index (χ1v) is 6.75. The van der Waals surface area contributed by atoms with Crippen LogP contribution in [0.3, 0.4) is 0 Å². The molecule has 0 fully saturated rings. The van der Waals surface area contributed by atoms with Gasteiger partial charge in [-0.05, 0) is 31.0 Å². The third-order valence-electron chi connectivity index (χ3n) is 2.87. The second-order valence-electron chi connectivity index (χ2n) is 4.64. The van der Waals surface area contributed by atoms with Crippen molar-refractivity contribution in [1.82, 2.24) is 5.32 Å². The highest BCUT2D eigenvalue weighted by molar-refractivity contribution is 5.76. The Labute approximate surface area is 124 Å². The number of carboxylic acid groups (broad SMARTS) is 1. The molecule has 0 aliphatic rings. The normalized spacial score (nSPS) is 11.7. The quantitative estimate of drug-likeness (QED) is 0.678. The third kappa shape index (κ3) is 6.76. The molecule has 0 radical (unpaired) electrons. The minimum atomic E-state index is -1.02. The van der Waals surface area contributed by atoms with Gasteiger partial charge in [0.2, 0.25) is 5.91 Å². The number of nitrogens with one attached hydrogen (secondary N) is 1. The van der Waals surface area contributed by atoms with Crippen LogP contribution in [-0.2, 0) is 14.3 Å². The number of carbonyl (C=O) groups is 2. The Morgan fingerprint density at radius 1 is 1.29 bits per heavy atom. The summed E-state index contributed by atoms with van der Waals surface area (Å²) in [7, 11) is 1.61. The van der Waals surface area contributed by atoms with Crippen molar-refractivity contribution in [3.05, 3.63) is 29.8 Å². The van der Waals surface area contributed by atoms with Crippen molar-refractivity contribution in [1.29, 1.82) is 0 Å². The number of methoxy groups -OCH3 is 1. The van der Waals surface area contributed by atoms with Crippen LogP contribution in [0.5, 0.6) is 5.75 Å². The van der Waals surface area contributed by atoms with E-state index in [0.29, 0.717) is 25.2 Å². The molecule has 0 spiro atoms. The van der Waals surface area contributed by atoms with Gasteiger partial charge in [-0.2, -0.15) is 0 Å². The molecule has 0 heterocycles. The zero-order valence-corrected chi connectivity index (χ0v) is 12.3. The fourth-order valence-electron chi connectivity index (χ4n) is 1.77. The lowest BCUT2D eigenvalue weighted by atomic mass is 10.1. The number of ether oxygens (including phenoxy) is 2. The summed E-state index contributed by atoms with van der Waals surface area (Å²) in [6.07, 6.45) is 1.12. The lowest BCUT2D eigenvalue weighted by molar-refractivity contribution is -0.139. The predicted molar refractivity (Wildman–Crippen MR) is 77.2 cm³/mol. The van der Waals surface area contributed by atoms with E-state index in [4.69, 9.17) is 14.6 Å². The number of aliphatic carboxylic acids is 1. The van der Waals surface area contributed by atoms with Crippen LogP contribution in [0.15, 0.2) is 24.3 Å². The molecule has 1 aromatic rings. The van der Waals surface area contributed by atoms with Crippen molar-refractivity contribution >= 4 is 11.9 Å². The van der Waals surface area contributed by atoms with Gasteiger partial charge in [0.05, 0.1) is 6.04 Å². The maximum atomic E-state index is 11.7. The number of amides is 1. The molecule has 0 aliphatic heterocycles. The molecule has 0 bridgehead atoms. The molecule has 21 heavy (non-hydrogen) atoms. The molecule has 1 aromatic carbocycles. The van der Waals surface area contributed by atoms with Crippen molar-refractivity contribution in [3.8, 4) is 5.75 Å². The van der Waals surface area contributed by atoms with E-state index in [1.54, 1.807) is 31.4 Å². The molecule has 6 nitrogen and oxygen atoms in total. The van der Waals surface area contributed by atoms with E-state index in [1.807, 2.05) is 6.92 Å². The maximum Gasteiger partial charge on any atom is 0.341 e. The smallest absolute Gasteiger partial charge is 0.341 e. The van der Waals surface area contributed by atoms with E-state index in [-0.39, 0.29) is 18.6 Å². The minimum absolute atomic E-state index is 0.0225. The molecule has 6 heteroatoms. The Kier molecular flexibility index (Phi) is 7.25. The highest BCUT2D eigenvalue weighted by Gasteiger charge is 2.09. The van der Waals surface area contributed by atoms with Crippen molar-refractivity contribution in [2.24, 2.45) is 0 Å². The molecule has 2 N–H and O–H groups in total. The van der Waals surface area contributed by atoms with Gasteiger partial charge in [0.25, 0.3) is 0 Å². The number of carboxylic acids is 1. The topological polar surface area (TPSA) is 84.9 Å². The molecular weight excluding hydrogens is 274 g/mol. The average molecular weight is 295 g/mol. The zero-order chi connectivity index (χ0) is 15.7. The van der Waals surface area contributed by atoms with Crippen LogP contribution in [0.2, 0.25) is 0 Å². The Morgan fingerprint density at radius 3 is 2.52 bits per heavy atom. The van der Waals surface area contributed by atoms with Crippen LogP contribution in [0, 0.1) is 0 Å². The first-order chi connectivity index (χ1) is 10.0. The Morgan fingerprint density at radius 2 is 1.95 bits per heavy atom. The lowest BCUT2D eigenvalue weighted by Gasteiger charge is -2.15. The van der Waals surface area contributed by atoms with Gasteiger partial charge in [-0.15, -0.1) is 0 Å². The van der Waals surface area contributed by atoms with Gasteiger partial charge in [-0.3, -0.25) is 4.79 Å². The van der Waals surface area contributed by atoms with Gasteiger partial charge < -0.3 is 19.9 Å². The summed E-state index contributed by atoms with van der Waals surface area (Å²) in [6, 6.07) is 6.86. The van der Waals surface area contributed by atoms with E-state index in [9.17, 15) is 9.59 Å². The minimum Gasteiger partial charge on any atom is -0.482 e. The summed E-state index contributed by atoms with van der Waals surface area (Å²) < 4.78 is 9.95. The average Bonchev–Trinajstić information content (AvgIpc) is 2.45. The second-order valence-corrected chi connectivity index (χ2v) is 4.64. The molecule has 1 atom stereocenters. The SMILES string of the molecule is COCCCC(=O)NC(C)c1ccc(OCC(=O)O)cc1. The summed E-state index contributed by atoms with van der Waals surface area (Å²) in [5.74, 6) is -0.554. The molecule has 0 saturated carbocycles. The van der Waals surface area contributed by atoms with Gasteiger partial charge >= 0.3 is 5.97 Å². The molecule has 1 rings (SSSR count). The number of hydrogen-bond donors (Lipinski definition) is 2. The van der Waals surface area contributed by atoms with Crippen LogP contribution in [-0.4, -0.2) is 37.3 Å². The molecule has 116 valence electrons. The van der Waals surface area contributed by atoms with Gasteiger partial charge in [0.15, 0.2) is 6.61 Å². The van der Waals surface area contributed by atoms with Crippen LogP contribution < -0.4 is 10.1 Å². The van der Waals surface area contributed by atoms with E-state index in [0.717, 1.165) is 5.56 Å². The highest BCUT2D eigenvalue weighted by Crippen LogP contribution is 2.17. The van der Waals surface area contributed by atoms with E-state index in [1.165, 1.54) is 0 Å². The van der Waals surface area contributed by atoms with Gasteiger partial charge in [0.1, 0.15) is 5.75 Å². The lowest BCUT2D eigenvalue weighted by Crippen LogP contribution is -2.26. The molecule has 1 unspecified atom stereocenters. The summed E-state index contributed by atoms with van der Waals surface area (Å²) in [6.45, 7) is 2.09. The standard InChI is InChI=1S/C15H21NO5/c1-11(16-14(17)4-3-9-20-2)12-5-7-13(8-6-12)21-10-15(18)19/h5-8,11H,3-4,9-10H2,1-2H3,(H,16,17)(H,18,19). The van der Waals surface area contributed by atoms with Crippen molar-refractivity contribution in [2.75, 3.05) is 20.3 Å². The van der Waals surface area contributed by atoms with E-state index < -0.39 is 5.97 Å². The summed E-state index contributed by atoms with van der Waals surface area (Å²) in [5.41, 5.74) is 0.928. The Hall–Kier alpha value is -2.08. The number of hydrogen-bond acceptors (Lipinski definition) is 4. The summed E-state index contributed by atoms with van der Waals surface area (Å²) in [5, 5.41) is 11.4. The zero-order valence-electron chi connectivity index (χ0n) is 12.3. The van der Waals surface area contributed by atoms with E-state index >= 15 is 0 Å². The Balaban J connectivity index is 2.45. The maximum absolute atomic E-state index is 11.7. The van der Waals surface area contributed by atoms with Gasteiger partial charge in [0, 0.05) is 20.1 Å². The third-order valence-corrected chi connectivity index (χ3v) is 2.87.